The summed E-state index contributed by atoms with van der Waals surface area (Å²) in [5, 5.41) is 2.64. The van der Waals surface area contributed by atoms with Crippen molar-refractivity contribution in [1.29, 1.82) is 0 Å². The number of amides is 1. The lowest BCUT2D eigenvalue weighted by molar-refractivity contribution is -0.116. The number of nitrogens with zero attached hydrogens (tertiary/aromatic N) is 1. The molecule has 4 rings (SSSR count). The van der Waals surface area contributed by atoms with Crippen LogP contribution in [0.15, 0.2) is 71.6 Å². The summed E-state index contributed by atoms with van der Waals surface area (Å²) in [6, 6.07) is 16.0. The van der Waals surface area contributed by atoms with E-state index in [1.807, 2.05) is 6.92 Å². The summed E-state index contributed by atoms with van der Waals surface area (Å²) in [5.41, 5.74) is 1.98. The van der Waals surface area contributed by atoms with Gasteiger partial charge in [-0.3, -0.25) is 13.8 Å². The lowest BCUT2D eigenvalue weighted by Gasteiger charge is -2.29. The third kappa shape index (κ3) is 6.15. The zero-order chi connectivity index (χ0) is 26.8. The van der Waals surface area contributed by atoms with Crippen molar-refractivity contribution in [3.05, 3.63) is 72.3 Å². The SMILES string of the molecule is Cc1ccc(NS(=O)(=O)c2ccc(NC(=O)[C@@H](C)N(c3ccc4c(c3)OCCO4)S(C)(=O)=O)cc2)cc1. The van der Waals surface area contributed by atoms with Crippen molar-refractivity contribution >= 4 is 43.0 Å². The average molecular weight is 546 g/mol. The quantitative estimate of drug-likeness (QED) is 0.444. The van der Waals surface area contributed by atoms with Gasteiger partial charge in [0.1, 0.15) is 19.3 Å². The van der Waals surface area contributed by atoms with Crippen LogP contribution in [0.1, 0.15) is 12.5 Å². The summed E-state index contributed by atoms with van der Waals surface area (Å²) in [4.78, 5) is 13.0. The maximum Gasteiger partial charge on any atom is 0.261 e. The summed E-state index contributed by atoms with van der Waals surface area (Å²) in [7, 11) is -7.69. The molecule has 1 aliphatic rings. The first-order valence-corrected chi connectivity index (χ1v) is 14.7. The highest BCUT2D eigenvalue weighted by molar-refractivity contribution is 7.92. The van der Waals surface area contributed by atoms with Crippen molar-refractivity contribution in [2.75, 3.05) is 33.8 Å². The highest BCUT2D eigenvalue weighted by Gasteiger charge is 2.30. The smallest absolute Gasteiger partial charge is 0.261 e. The molecule has 0 bridgehead atoms. The van der Waals surface area contributed by atoms with Crippen molar-refractivity contribution < 1.29 is 31.1 Å². The maximum atomic E-state index is 13.0. The molecule has 1 amide bonds. The topological polar surface area (TPSA) is 131 Å². The van der Waals surface area contributed by atoms with Gasteiger partial charge < -0.3 is 14.8 Å². The van der Waals surface area contributed by atoms with E-state index in [9.17, 15) is 21.6 Å². The number of carbonyl (C=O) groups excluding carboxylic acids is 1. The number of aryl methyl sites for hydroxylation is 1. The van der Waals surface area contributed by atoms with Gasteiger partial charge in [0, 0.05) is 17.4 Å². The monoisotopic (exact) mass is 545 g/mol. The van der Waals surface area contributed by atoms with Gasteiger partial charge in [-0.1, -0.05) is 17.7 Å². The van der Waals surface area contributed by atoms with Gasteiger partial charge in [-0.05, 0) is 62.4 Å². The number of carbonyl (C=O) groups is 1. The Balaban J connectivity index is 1.49. The van der Waals surface area contributed by atoms with Crippen LogP contribution in [0, 0.1) is 6.92 Å². The first-order chi connectivity index (χ1) is 17.4. The van der Waals surface area contributed by atoms with Crippen LogP contribution < -0.4 is 23.8 Å². The number of rotatable bonds is 8. The Morgan fingerprint density at radius 3 is 2.08 bits per heavy atom. The van der Waals surface area contributed by atoms with Crippen LogP contribution in [0.2, 0.25) is 0 Å². The number of anilines is 3. The number of hydrogen-bond acceptors (Lipinski definition) is 7. The maximum absolute atomic E-state index is 13.0. The summed E-state index contributed by atoms with van der Waals surface area (Å²) in [6.45, 7) is 4.08. The fraction of sp³-hybridized carbons (Fsp3) is 0.240. The summed E-state index contributed by atoms with van der Waals surface area (Å²) in [5.74, 6) is 0.280. The van der Waals surface area contributed by atoms with Gasteiger partial charge in [0.2, 0.25) is 15.9 Å². The van der Waals surface area contributed by atoms with E-state index < -0.39 is 32.0 Å². The predicted molar refractivity (Wildman–Crippen MR) is 141 cm³/mol. The molecule has 1 aliphatic heterocycles. The standard InChI is InChI=1S/C25H27N3O7S2/c1-17-4-6-20(7-5-17)27-37(32,33)22-11-8-19(9-12-22)26-25(29)18(2)28(36(3,30)31)21-10-13-23-24(16-21)35-15-14-34-23/h4-13,16,18,27H,14-15H2,1-3H3,(H,26,29)/t18-/m1/s1. The zero-order valence-corrected chi connectivity index (χ0v) is 22.1. The minimum atomic E-state index is -3.85. The van der Waals surface area contributed by atoms with E-state index in [0.29, 0.717) is 36.1 Å². The average Bonchev–Trinajstić information content (AvgIpc) is 2.85. The van der Waals surface area contributed by atoms with Gasteiger partial charge in [-0.2, -0.15) is 0 Å². The van der Waals surface area contributed by atoms with Crippen LogP contribution in [0.4, 0.5) is 17.1 Å². The van der Waals surface area contributed by atoms with E-state index in [0.717, 1.165) is 16.1 Å². The molecule has 0 aliphatic carbocycles. The molecular weight excluding hydrogens is 518 g/mol. The van der Waals surface area contributed by atoms with Crippen molar-refractivity contribution in [2.45, 2.75) is 24.8 Å². The molecule has 0 unspecified atom stereocenters. The predicted octanol–water partition coefficient (Wildman–Crippen LogP) is 3.36. The Morgan fingerprint density at radius 1 is 0.865 bits per heavy atom. The number of hydrogen-bond donors (Lipinski definition) is 2. The first kappa shape index (κ1) is 26.3. The normalized spacial score (nSPS) is 13.9. The number of fused-ring (bicyclic) bond motifs is 1. The molecule has 3 aromatic rings. The molecule has 10 nitrogen and oxygen atoms in total. The summed E-state index contributed by atoms with van der Waals surface area (Å²) in [6.07, 6.45) is 1.01. The molecule has 0 radical (unpaired) electrons. The molecule has 37 heavy (non-hydrogen) atoms. The number of sulfonamides is 2. The van der Waals surface area contributed by atoms with E-state index in [1.165, 1.54) is 37.3 Å². The summed E-state index contributed by atoms with van der Waals surface area (Å²) >= 11 is 0. The second-order valence-corrected chi connectivity index (χ2v) is 12.1. The lowest BCUT2D eigenvalue weighted by atomic mass is 10.2. The minimum Gasteiger partial charge on any atom is -0.486 e. The number of nitrogens with one attached hydrogen (secondary N) is 2. The Bertz CT molecular complexity index is 1500. The van der Waals surface area contributed by atoms with Crippen LogP contribution in [-0.2, 0) is 24.8 Å². The fourth-order valence-electron chi connectivity index (χ4n) is 3.78. The van der Waals surface area contributed by atoms with Gasteiger partial charge in [-0.25, -0.2) is 16.8 Å². The van der Waals surface area contributed by atoms with Gasteiger partial charge in [-0.15, -0.1) is 0 Å². The van der Waals surface area contributed by atoms with E-state index in [1.54, 1.807) is 36.4 Å². The molecule has 0 spiro atoms. The Hall–Kier alpha value is -3.77. The van der Waals surface area contributed by atoms with Crippen molar-refractivity contribution in [3.63, 3.8) is 0 Å². The molecule has 12 heteroatoms. The Kier molecular flexibility index (Phi) is 7.32. The molecule has 2 N–H and O–H groups in total. The van der Waals surface area contributed by atoms with Crippen molar-refractivity contribution in [1.82, 2.24) is 0 Å². The molecule has 3 aromatic carbocycles. The molecule has 1 atom stereocenters. The number of benzene rings is 3. The van der Waals surface area contributed by atoms with Crippen LogP contribution in [0.3, 0.4) is 0 Å². The highest BCUT2D eigenvalue weighted by atomic mass is 32.2. The molecule has 0 saturated carbocycles. The molecule has 196 valence electrons. The van der Waals surface area contributed by atoms with Crippen LogP contribution >= 0.6 is 0 Å². The van der Waals surface area contributed by atoms with Crippen molar-refractivity contribution in [3.8, 4) is 11.5 Å². The zero-order valence-electron chi connectivity index (χ0n) is 20.5. The molecular formula is C25H27N3O7S2. The van der Waals surface area contributed by atoms with Gasteiger partial charge in [0.25, 0.3) is 10.0 Å². The van der Waals surface area contributed by atoms with E-state index in [4.69, 9.17) is 9.47 Å². The molecule has 0 aromatic heterocycles. The second-order valence-electron chi connectivity index (χ2n) is 8.55. The van der Waals surface area contributed by atoms with E-state index in [-0.39, 0.29) is 10.6 Å². The summed E-state index contributed by atoms with van der Waals surface area (Å²) < 4.78 is 65.2. The van der Waals surface area contributed by atoms with E-state index >= 15 is 0 Å². The van der Waals surface area contributed by atoms with Crippen LogP contribution in [0.25, 0.3) is 0 Å². The molecule has 1 heterocycles. The second kappa shape index (κ2) is 10.3. The fourth-order valence-corrected chi connectivity index (χ4v) is 6.00. The Morgan fingerprint density at radius 2 is 1.46 bits per heavy atom. The molecule has 0 fully saturated rings. The minimum absolute atomic E-state index is 0.00756. The van der Waals surface area contributed by atoms with Crippen LogP contribution in [0.5, 0.6) is 11.5 Å². The highest BCUT2D eigenvalue weighted by Crippen LogP contribution is 2.35. The van der Waals surface area contributed by atoms with Gasteiger partial charge in [0.05, 0.1) is 16.8 Å². The largest absolute Gasteiger partial charge is 0.486 e. The van der Waals surface area contributed by atoms with Gasteiger partial charge >= 0.3 is 0 Å². The lowest BCUT2D eigenvalue weighted by Crippen LogP contribution is -2.45. The van der Waals surface area contributed by atoms with Crippen molar-refractivity contribution in [2.24, 2.45) is 0 Å². The third-order valence-electron chi connectivity index (χ3n) is 5.60. The molecule has 0 saturated heterocycles. The third-order valence-corrected chi connectivity index (χ3v) is 8.24. The van der Waals surface area contributed by atoms with E-state index in [2.05, 4.69) is 10.0 Å². The number of ether oxygens (including phenoxy) is 2. The Labute approximate surface area is 216 Å². The van der Waals surface area contributed by atoms with Crippen LogP contribution in [-0.4, -0.2) is 48.3 Å². The first-order valence-electron chi connectivity index (χ1n) is 11.3. The van der Waals surface area contributed by atoms with Gasteiger partial charge in [0.15, 0.2) is 11.5 Å².